The molecule has 0 bridgehead atoms. The van der Waals surface area contributed by atoms with E-state index in [-0.39, 0.29) is 24.4 Å². The summed E-state index contributed by atoms with van der Waals surface area (Å²) >= 11 is 0. The zero-order valence-corrected chi connectivity index (χ0v) is 13.5. The number of nitrogens with one attached hydrogen (secondary N) is 2. The molecule has 0 aromatic rings. The molecule has 2 N–H and O–H groups in total. The Morgan fingerprint density at radius 2 is 2.19 bits per heavy atom. The van der Waals surface area contributed by atoms with Crippen LogP contribution in [0.3, 0.4) is 0 Å². The summed E-state index contributed by atoms with van der Waals surface area (Å²) in [6.07, 6.45) is 2.89. The molecule has 2 fully saturated rings. The van der Waals surface area contributed by atoms with Gasteiger partial charge >= 0.3 is 0 Å². The van der Waals surface area contributed by atoms with Gasteiger partial charge in [0.15, 0.2) is 0 Å². The lowest BCUT2D eigenvalue weighted by Gasteiger charge is -2.27. The van der Waals surface area contributed by atoms with Crippen molar-refractivity contribution in [3.63, 3.8) is 0 Å². The van der Waals surface area contributed by atoms with Gasteiger partial charge in [-0.3, -0.25) is 9.69 Å². The Labute approximate surface area is 133 Å². The van der Waals surface area contributed by atoms with Crippen molar-refractivity contribution < 1.29 is 14.3 Å². The van der Waals surface area contributed by atoms with Crippen molar-refractivity contribution in [2.45, 2.75) is 25.4 Å². The molecule has 2 aliphatic heterocycles. The Morgan fingerprint density at radius 3 is 2.90 bits per heavy atom. The van der Waals surface area contributed by atoms with Gasteiger partial charge in [0.2, 0.25) is 5.91 Å². The summed E-state index contributed by atoms with van der Waals surface area (Å²) in [7, 11) is 0. The molecule has 2 saturated heterocycles. The second kappa shape index (κ2) is 11.2. The molecule has 124 valence electrons. The van der Waals surface area contributed by atoms with Gasteiger partial charge in [-0.15, -0.1) is 12.4 Å². The Hall–Kier alpha value is -0.400. The number of hydrogen-bond acceptors (Lipinski definition) is 5. The zero-order chi connectivity index (χ0) is 14.0. The van der Waals surface area contributed by atoms with Crippen molar-refractivity contribution in [3.05, 3.63) is 0 Å². The van der Waals surface area contributed by atoms with E-state index in [1.165, 1.54) is 0 Å². The molecule has 1 amide bonds. The molecule has 1 unspecified atom stereocenters. The number of ether oxygens (including phenoxy) is 2. The van der Waals surface area contributed by atoms with E-state index in [0.717, 1.165) is 58.7 Å². The minimum Gasteiger partial charge on any atom is -0.378 e. The van der Waals surface area contributed by atoms with Gasteiger partial charge in [-0.2, -0.15) is 0 Å². The van der Waals surface area contributed by atoms with Crippen molar-refractivity contribution in [1.82, 2.24) is 15.5 Å². The van der Waals surface area contributed by atoms with E-state index in [1.54, 1.807) is 0 Å². The average Bonchev–Trinajstić information content (AvgIpc) is 2.98. The van der Waals surface area contributed by atoms with Crippen LogP contribution in [0.2, 0.25) is 0 Å². The maximum atomic E-state index is 11.6. The predicted molar refractivity (Wildman–Crippen MR) is 84.0 cm³/mol. The van der Waals surface area contributed by atoms with Crippen LogP contribution in [0.25, 0.3) is 0 Å². The SMILES string of the molecule is Cl.O=C(CCOCC1CCCO1)NCCN1CCNCC1. The molecule has 2 aliphatic rings. The molecule has 0 aliphatic carbocycles. The summed E-state index contributed by atoms with van der Waals surface area (Å²) in [5.41, 5.74) is 0. The minimum atomic E-state index is 0. The maximum Gasteiger partial charge on any atom is 0.222 e. The van der Waals surface area contributed by atoms with E-state index in [1.807, 2.05) is 0 Å². The van der Waals surface area contributed by atoms with Gasteiger partial charge < -0.3 is 20.1 Å². The van der Waals surface area contributed by atoms with Crippen molar-refractivity contribution in [2.24, 2.45) is 0 Å². The normalized spacial score (nSPS) is 22.8. The highest BCUT2D eigenvalue weighted by molar-refractivity contribution is 5.85. The van der Waals surface area contributed by atoms with E-state index >= 15 is 0 Å². The molecule has 0 aromatic heterocycles. The summed E-state index contributed by atoms with van der Waals surface area (Å²) in [5.74, 6) is 0.0764. The molecule has 0 aromatic carbocycles. The van der Waals surface area contributed by atoms with Crippen LogP contribution in [0.4, 0.5) is 0 Å². The second-order valence-electron chi connectivity index (χ2n) is 5.40. The molecule has 2 heterocycles. The monoisotopic (exact) mass is 321 g/mol. The van der Waals surface area contributed by atoms with Crippen molar-refractivity contribution in [1.29, 1.82) is 0 Å². The van der Waals surface area contributed by atoms with Gasteiger partial charge in [0.05, 0.1) is 19.3 Å². The lowest BCUT2D eigenvalue weighted by Crippen LogP contribution is -2.46. The van der Waals surface area contributed by atoms with Gasteiger partial charge in [-0.1, -0.05) is 0 Å². The molecular weight excluding hydrogens is 294 g/mol. The highest BCUT2D eigenvalue weighted by Gasteiger charge is 2.15. The summed E-state index contributed by atoms with van der Waals surface area (Å²) in [5, 5.41) is 6.26. The lowest BCUT2D eigenvalue weighted by molar-refractivity contribution is -0.122. The Kier molecular flexibility index (Phi) is 9.95. The third-order valence-corrected chi connectivity index (χ3v) is 3.76. The highest BCUT2D eigenvalue weighted by Crippen LogP contribution is 2.11. The maximum absolute atomic E-state index is 11.6. The number of rotatable bonds is 8. The van der Waals surface area contributed by atoms with Crippen LogP contribution in [0.15, 0.2) is 0 Å². The van der Waals surface area contributed by atoms with Crippen LogP contribution < -0.4 is 10.6 Å². The van der Waals surface area contributed by atoms with E-state index < -0.39 is 0 Å². The van der Waals surface area contributed by atoms with Gasteiger partial charge in [0, 0.05) is 52.3 Å². The second-order valence-corrected chi connectivity index (χ2v) is 5.40. The number of halogens is 1. The summed E-state index contributed by atoms with van der Waals surface area (Å²) in [6, 6.07) is 0. The van der Waals surface area contributed by atoms with Crippen LogP contribution in [-0.2, 0) is 14.3 Å². The molecule has 1 atom stereocenters. The Bertz CT molecular complexity index is 283. The molecule has 0 radical (unpaired) electrons. The fourth-order valence-electron chi connectivity index (χ4n) is 2.53. The first-order valence-corrected chi connectivity index (χ1v) is 7.74. The summed E-state index contributed by atoms with van der Waals surface area (Å²) < 4.78 is 10.9. The molecule has 0 spiro atoms. The standard InChI is InChI=1S/C14H27N3O3.ClH/c18-14(3-11-19-12-13-2-1-10-20-13)16-6-9-17-7-4-15-5-8-17;/h13,15H,1-12H2,(H,16,18);1H. The van der Waals surface area contributed by atoms with E-state index in [2.05, 4.69) is 15.5 Å². The van der Waals surface area contributed by atoms with Gasteiger partial charge in [0.1, 0.15) is 0 Å². The van der Waals surface area contributed by atoms with Crippen molar-refractivity contribution in [3.8, 4) is 0 Å². The number of carbonyl (C=O) groups is 1. The number of hydrogen-bond donors (Lipinski definition) is 2. The highest BCUT2D eigenvalue weighted by atomic mass is 35.5. The third-order valence-electron chi connectivity index (χ3n) is 3.76. The topological polar surface area (TPSA) is 62.8 Å². The molecule has 7 heteroatoms. The lowest BCUT2D eigenvalue weighted by atomic mass is 10.2. The Balaban J connectivity index is 0.00000220. The number of carbonyl (C=O) groups excluding carboxylic acids is 1. The third kappa shape index (κ3) is 7.97. The fraction of sp³-hybridized carbons (Fsp3) is 0.929. The van der Waals surface area contributed by atoms with Crippen LogP contribution in [0.1, 0.15) is 19.3 Å². The molecule has 21 heavy (non-hydrogen) atoms. The average molecular weight is 322 g/mol. The quantitative estimate of drug-likeness (QED) is 0.617. The van der Waals surface area contributed by atoms with Gasteiger partial charge in [-0.25, -0.2) is 0 Å². The predicted octanol–water partition coefficient (Wildman–Crippen LogP) is 0.0153. The number of nitrogens with zero attached hydrogens (tertiary/aromatic N) is 1. The summed E-state index contributed by atoms with van der Waals surface area (Å²) in [6.45, 7) is 7.85. The van der Waals surface area contributed by atoms with Crippen molar-refractivity contribution >= 4 is 18.3 Å². The van der Waals surface area contributed by atoms with Gasteiger partial charge in [-0.05, 0) is 12.8 Å². The largest absolute Gasteiger partial charge is 0.378 e. The molecule has 2 rings (SSSR count). The smallest absolute Gasteiger partial charge is 0.222 e. The Morgan fingerprint density at radius 1 is 1.38 bits per heavy atom. The van der Waals surface area contributed by atoms with Gasteiger partial charge in [0.25, 0.3) is 0 Å². The first-order valence-electron chi connectivity index (χ1n) is 7.74. The molecule has 6 nitrogen and oxygen atoms in total. The van der Waals surface area contributed by atoms with E-state index in [9.17, 15) is 4.79 Å². The fourth-order valence-corrected chi connectivity index (χ4v) is 2.53. The zero-order valence-electron chi connectivity index (χ0n) is 12.6. The minimum absolute atomic E-state index is 0. The molecular formula is C14H28ClN3O3. The van der Waals surface area contributed by atoms with Crippen LogP contribution >= 0.6 is 12.4 Å². The molecule has 0 saturated carbocycles. The summed E-state index contributed by atoms with van der Waals surface area (Å²) in [4.78, 5) is 14.0. The van der Waals surface area contributed by atoms with Crippen LogP contribution in [0, 0.1) is 0 Å². The van der Waals surface area contributed by atoms with Crippen LogP contribution in [0.5, 0.6) is 0 Å². The number of amides is 1. The first-order chi connectivity index (χ1) is 9.84. The van der Waals surface area contributed by atoms with E-state index in [0.29, 0.717) is 19.6 Å². The number of piperazine rings is 1. The van der Waals surface area contributed by atoms with Crippen molar-refractivity contribution in [2.75, 3.05) is 59.1 Å². The first kappa shape index (κ1) is 18.6. The van der Waals surface area contributed by atoms with Crippen LogP contribution in [-0.4, -0.2) is 76.0 Å². The van der Waals surface area contributed by atoms with E-state index in [4.69, 9.17) is 9.47 Å².